The van der Waals surface area contributed by atoms with Gasteiger partial charge in [-0.1, -0.05) is 59.4 Å². The molecule has 0 saturated heterocycles. The molecule has 0 saturated carbocycles. The standard InChI is InChI=1S/C30H51N3O5/c1-10-13-14-18-33(28(36)25(20(4)12-3)32-29(37)38-30(7,8)9)26(27(35)31-22(6)15-11-2)23-16-17-24(34)21(5)19-23/h16-17,19-20,22,25-26,34H,10-15,18H2,1-9H3,(H,31,35)(H,32,37). The van der Waals surface area contributed by atoms with Crippen LogP contribution in [0.2, 0.25) is 0 Å². The van der Waals surface area contributed by atoms with Crippen molar-refractivity contribution >= 4 is 17.9 Å². The van der Waals surface area contributed by atoms with E-state index in [-0.39, 0.29) is 29.5 Å². The highest BCUT2D eigenvalue weighted by Crippen LogP contribution is 2.29. The van der Waals surface area contributed by atoms with Crippen molar-refractivity contribution in [1.82, 2.24) is 15.5 Å². The molecule has 0 aliphatic heterocycles. The van der Waals surface area contributed by atoms with Gasteiger partial charge in [-0.05, 0) is 76.6 Å². The van der Waals surface area contributed by atoms with Gasteiger partial charge in [0, 0.05) is 12.6 Å². The van der Waals surface area contributed by atoms with Gasteiger partial charge in [-0.3, -0.25) is 9.59 Å². The average Bonchev–Trinajstić information content (AvgIpc) is 2.82. The van der Waals surface area contributed by atoms with Crippen LogP contribution in [0.1, 0.15) is 111 Å². The molecule has 0 radical (unpaired) electrons. The van der Waals surface area contributed by atoms with E-state index in [1.807, 2.05) is 20.8 Å². The van der Waals surface area contributed by atoms with Gasteiger partial charge in [-0.15, -0.1) is 0 Å². The maximum atomic E-state index is 14.2. The highest BCUT2D eigenvalue weighted by atomic mass is 16.6. The molecule has 4 atom stereocenters. The maximum Gasteiger partial charge on any atom is 0.408 e. The summed E-state index contributed by atoms with van der Waals surface area (Å²) in [7, 11) is 0. The van der Waals surface area contributed by atoms with E-state index in [1.165, 1.54) is 0 Å². The Morgan fingerprint density at radius 2 is 1.68 bits per heavy atom. The summed E-state index contributed by atoms with van der Waals surface area (Å²) in [6.45, 7) is 17.4. The lowest BCUT2D eigenvalue weighted by Gasteiger charge is -2.36. The zero-order valence-electron chi connectivity index (χ0n) is 25.0. The fraction of sp³-hybridized carbons (Fsp3) is 0.700. The summed E-state index contributed by atoms with van der Waals surface area (Å²) in [6, 6.07) is 3.16. The minimum atomic E-state index is -0.912. The van der Waals surface area contributed by atoms with Crippen LogP contribution < -0.4 is 10.6 Å². The minimum Gasteiger partial charge on any atom is -0.508 e. The Labute approximate surface area is 229 Å². The van der Waals surface area contributed by atoms with Gasteiger partial charge in [0.25, 0.3) is 0 Å². The van der Waals surface area contributed by atoms with Gasteiger partial charge in [0.1, 0.15) is 23.4 Å². The van der Waals surface area contributed by atoms with Crippen LogP contribution in [0.4, 0.5) is 4.79 Å². The number of hydrogen-bond donors (Lipinski definition) is 3. The number of hydrogen-bond acceptors (Lipinski definition) is 5. The summed E-state index contributed by atoms with van der Waals surface area (Å²) < 4.78 is 5.46. The molecule has 8 nitrogen and oxygen atoms in total. The highest BCUT2D eigenvalue weighted by molar-refractivity contribution is 5.92. The first-order valence-corrected chi connectivity index (χ1v) is 14.1. The predicted molar refractivity (Wildman–Crippen MR) is 152 cm³/mol. The molecular weight excluding hydrogens is 482 g/mol. The van der Waals surface area contributed by atoms with Crippen molar-refractivity contribution in [3.05, 3.63) is 29.3 Å². The number of nitrogens with one attached hydrogen (secondary N) is 2. The molecule has 216 valence electrons. The van der Waals surface area contributed by atoms with E-state index < -0.39 is 23.8 Å². The molecular formula is C30H51N3O5. The van der Waals surface area contributed by atoms with E-state index in [0.29, 0.717) is 30.5 Å². The lowest BCUT2D eigenvalue weighted by atomic mass is 9.94. The van der Waals surface area contributed by atoms with E-state index in [4.69, 9.17) is 4.74 Å². The summed E-state index contributed by atoms with van der Waals surface area (Å²) >= 11 is 0. The first kappa shape index (κ1) is 33.3. The number of ether oxygens (including phenoxy) is 1. The Hall–Kier alpha value is -2.77. The number of phenols is 1. The number of aryl methyl sites for hydroxylation is 1. The number of alkyl carbamates (subject to hydrolysis) is 1. The van der Waals surface area contributed by atoms with Gasteiger partial charge >= 0.3 is 6.09 Å². The van der Waals surface area contributed by atoms with Crippen LogP contribution in [0.5, 0.6) is 5.75 Å². The second-order valence-corrected chi connectivity index (χ2v) is 11.4. The lowest BCUT2D eigenvalue weighted by Crippen LogP contribution is -2.55. The number of carbonyl (C=O) groups is 3. The van der Waals surface area contributed by atoms with Crippen molar-refractivity contribution < 1.29 is 24.2 Å². The van der Waals surface area contributed by atoms with Crippen LogP contribution in [0.3, 0.4) is 0 Å². The molecule has 0 aromatic heterocycles. The van der Waals surface area contributed by atoms with Crippen LogP contribution in [0.15, 0.2) is 18.2 Å². The smallest absolute Gasteiger partial charge is 0.408 e. The van der Waals surface area contributed by atoms with Crippen molar-refractivity contribution in [2.24, 2.45) is 5.92 Å². The van der Waals surface area contributed by atoms with Gasteiger partial charge in [0.2, 0.25) is 11.8 Å². The molecule has 0 aliphatic carbocycles. The Bertz CT molecular complexity index is 912. The second-order valence-electron chi connectivity index (χ2n) is 11.4. The van der Waals surface area contributed by atoms with Gasteiger partial charge in [-0.2, -0.15) is 0 Å². The molecule has 0 bridgehead atoms. The van der Waals surface area contributed by atoms with E-state index in [0.717, 1.165) is 25.7 Å². The van der Waals surface area contributed by atoms with Crippen molar-refractivity contribution in [2.75, 3.05) is 6.54 Å². The topological polar surface area (TPSA) is 108 Å². The second kappa shape index (κ2) is 15.6. The molecule has 8 heteroatoms. The monoisotopic (exact) mass is 533 g/mol. The molecule has 4 unspecified atom stereocenters. The third-order valence-corrected chi connectivity index (χ3v) is 6.64. The minimum absolute atomic E-state index is 0.0638. The van der Waals surface area contributed by atoms with E-state index in [2.05, 4.69) is 24.5 Å². The quantitative estimate of drug-likeness (QED) is 0.254. The maximum absolute atomic E-state index is 14.2. The first-order chi connectivity index (χ1) is 17.7. The van der Waals surface area contributed by atoms with Gasteiger partial charge < -0.3 is 25.4 Å². The largest absolute Gasteiger partial charge is 0.508 e. The van der Waals surface area contributed by atoms with E-state index in [1.54, 1.807) is 50.8 Å². The van der Waals surface area contributed by atoms with Crippen LogP contribution in [0.25, 0.3) is 0 Å². The molecule has 1 rings (SSSR count). The molecule has 0 heterocycles. The summed E-state index contributed by atoms with van der Waals surface area (Å²) in [5, 5.41) is 16.0. The number of carbonyl (C=O) groups excluding carboxylic acids is 3. The van der Waals surface area contributed by atoms with Crippen molar-refractivity contribution in [3.8, 4) is 5.75 Å². The van der Waals surface area contributed by atoms with Crippen LogP contribution in [-0.2, 0) is 14.3 Å². The van der Waals surface area contributed by atoms with Crippen LogP contribution >= 0.6 is 0 Å². The molecule has 0 fully saturated rings. The summed E-state index contributed by atoms with van der Waals surface area (Å²) in [6.07, 6.45) is 4.28. The number of rotatable bonds is 14. The lowest BCUT2D eigenvalue weighted by molar-refractivity contribution is -0.143. The Balaban J connectivity index is 3.58. The zero-order chi connectivity index (χ0) is 29.0. The van der Waals surface area contributed by atoms with Crippen molar-refractivity contribution in [3.63, 3.8) is 0 Å². The van der Waals surface area contributed by atoms with Crippen LogP contribution in [0, 0.1) is 12.8 Å². The SMILES string of the molecule is CCCCCN(C(=O)C(NC(=O)OC(C)(C)C)C(C)CC)C(C(=O)NC(C)CCC)c1ccc(O)c(C)c1. The molecule has 1 aromatic carbocycles. The van der Waals surface area contributed by atoms with E-state index >= 15 is 0 Å². The fourth-order valence-corrected chi connectivity index (χ4v) is 4.34. The highest BCUT2D eigenvalue weighted by Gasteiger charge is 2.38. The first-order valence-electron chi connectivity index (χ1n) is 14.1. The normalized spacial score (nSPS) is 14.7. The third kappa shape index (κ3) is 10.5. The summed E-state index contributed by atoms with van der Waals surface area (Å²) in [4.78, 5) is 42.4. The molecule has 0 spiro atoms. The molecule has 3 N–H and O–H groups in total. The summed E-state index contributed by atoms with van der Waals surface area (Å²) in [5.74, 6) is -0.662. The number of amides is 3. The zero-order valence-corrected chi connectivity index (χ0v) is 25.0. The van der Waals surface area contributed by atoms with Crippen molar-refractivity contribution in [2.45, 2.75) is 125 Å². The Morgan fingerprint density at radius 1 is 1.03 bits per heavy atom. The molecule has 1 aromatic rings. The third-order valence-electron chi connectivity index (χ3n) is 6.64. The number of unbranched alkanes of at least 4 members (excludes halogenated alkanes) is 2. The predicted octanol–water partition coefficient (Wildman–Crippen LogP) is 6.00. The van der Waals surface area contributed by atoms with Gasteiger partial charge in [0.05, 0.1) is 0 Å². The Kier molecular flexibility index (Phi) is 13.6. The Morgan fingerprint density at radius 3 is 2.21 bits per heavy atom. The van der Waals surface area contributed by atoms with Gasteiger partial charge in [0.15, 0.2) is 0 Å². The number of aromatic hydroxyl groups is 1. The number of nitrogens with zero attached hydrogens (tertiary/aromatic N) is 1. The van der Waals surface area contributed by atoms with Gasteiger partial charge in [-0.25, -0.2) is 4.79 Å². The van der Waals surface area contributed by atoms with E-state index in [9.17, 15) is 19.5 Å². The molecule has 38 heavy (non-hydrogen) atoms. The molecule has 3 amide bonds. The molecule has 0 aliphatic rings. The fourth-order valence-electron chi connectivity index (χ4n) is 4.34. The van der Waals surface area contributed by atoms with Crippen LogP contribution in [-0.4, -0.2) is 52.1 Å². The number of benzene rings is 1. The van der Waals surface area contributed by atoms with Crippen molar-refractivity contribution in [1.29, 1.82) is 0 Å². The average molecular weight is 534 g/mol. The summed E-state index contributed by atoms with van der Waals surface area (Å²) in [5.41, 5.74) is 0.523. The number of phenolic OH excluding ortho intramolecular Hbond substituents is 1.